The van der Waals surface area contributed by atoms with Crippen molar-refractivity contribution in [3.63, 3.8) is 0 Å². The highest BCUT2D eigenvalue weighted by Crippen LogP contribution is 2.44. The molecule has 0 unspecified atom stereocenters. The van der Waals surface area contributed by atoms with E-state index in [2.05, 4.69) is 38.2 Å². The summed E-state index contributed by atoms with van der Waals surface area (Å²) >= 11 is 0. The van der Waals surface area contributed by atoms with Crippen molar-refractivity contribution >= 4 is 23.9 Å². The first-order valence-corrected chi connectivity index (χ1v) is 13.7. The average molecular weight is 623 g/mol. The van der Waals surface area contributed by atoms with Gasteiger partial charge in [0.25, 0.3) is 0 Å². The summed E-state index contributed by atoms with van der Waals surface area (Å²) in [6.45, 7) is 21.6. The van der Waals surface area contributed by atoms with E-state index >= 15 is 4.39 Å². The zero-order valence-corrected chi connectivity index (χ0v) is 26.1. The van der Waals surface area contributed by atoms with Crippen LogP contribution in [0.2, 0.25) is 0 Å². The van der Waals surface area contributed by atoms with Crippen LogP contribution >= 0.6 is 0 Å². The van der Waals surface area contributed by atoms with E-state index in [4.69, 9.17) is 18.9 Å². The summed E-state index contributed by atoms with van der Waals surface area (Å²) in [7, 11) is 0. The molecule has 0 heterocycles. The summed E-state index contributed by atoms with van der Waals surface area (Å²) in [4.78, 5) is 49.1. The molecule has 0 spiro atoms. The first-order chi connectivity index (χ1) is 21.6. The Balaban J connectivity index is 2.24. The van der Waals surface area contributed by atoms with E-state index < -0.39 is 35.4 Å². The number of benzene rings is 3. The Morgan fingerprint density at radius 3 is 1.41 bits per heavy atom. The van der Waals surface area contributed by atoms with Gasteiger partial charge in [0.05, 0.1) is 0 Å². The van der Waals surface area contributed by atoms with E-state index in [1.807, 2.05) is 0 Å². The van der Waals surface area contributed by atoms with Crippen LogP contribution in [0.1, 0.15) is 44.4 Å². The Hall–Kier alpha value is -6.01. The van der Waals surface area contributed by atoms with Gasteiger partial charge < -0.3 is 18.9 Å². The molecule has 0 atom stereocenters. The van der Waals surface area contributed by atoms with Gasteiger partial charge >= 0.3 is 23.9 Å². The second-order valence-electron chi connectivity index (χ2n) is 10.3. The molecular formula is C37H31FO8. The second-order valence-corrected chi connectivity index (χ2v) is 10.3. The minimum atomic E-state index is -1.09. The predicted molar refractivity (Wildman–Crippen MR) is 171 cm³/mol. The van der Waals surface area contributed by atoms with Crippen LogP contribution in [0.5, 0.6) is 23.0 Å². The molecule has 0 aliphatic carbocycles. The standard InChI is InChI=1S/C37H31FO8/c1-20(2)34(39)43-27-15-10-25(11-16-27)12-19-29-31(38)33(46-37(42)23(7)8)30(24(9)32(29)45-36(41)22(5)6)26-13-17-28(18-14-26)44-35(40)21(3)4/h10-11,13-18H,1,3,5,7H2,2,4,6,8-9H3. The lowest BCUT2D eigenvalue weighted by Crippen LogP contribution is -2.15. The number of carbonyl (C=O) groups is 4. The van der Waals surface area contributed by atoms with Crippen molar-refractivity contribution in [3.8, 4) is 46.0 Å². The van der Waals surface area contributed by atoms with Crippen LogP contribution in [0, 0.1) is 24.6 Å². The van der Waals surface area contributed by atoms with Crippen molar-refractivity contribution in [1.29, 1.82) is 0 Å². The lowest BCUT2D eigenvalue weighted by molar-refractivity contribution is -0.131. The predicted octanol–water partition coefficient (Wildman–Crippen LogP) is 7.13. The number of ether oxygens (including phenoxy) is 4. The SMILES string of the molecule is C=C(C)C(=O)Oc1ccc(C#Cc2c(F)c(OC(=O)C(=C)C)c(-c3ccc(OC(=O)C(=C)C)cc3)c(C)c2OC(=O)C(=C)C)cc1. The number of rotatable bonds is 9. The van der Waals surface area contributed by atoms with Crippen LogP contribution in [0.4, 0.5) is 4.39 Å². The fourth-order valence-corrected chi connectivity index (χ4v) is 3.66. The molecule has 46 heavy (non-hydrogen) atoms. The van der Waals surface area contributed by atoms with Gasteiger partial charge in [-0.05, 0) is 76.6 Å². The summed E-state index contributed by atoms with van der Waals surface area (Å²) in [5.74, 6) is 1.14. The van der Waals surface area contributed by atoms with Crippen LogP contribution in [-0.2, 0) is 19.2 Å². The second kappa shape index (κ2) is 14.6. The Morgan fingerprint density at radius 2 is 0.978 bits per heavy atom. The van der Waals surface area contributed by atoms with E-state index in [1.54, 1.807) is 6.92 Å². The summed E-state index contributed by atoms with van der Waals surface area (Å²) in [6.07, 6.45) is 0. The molecule has 0 saturated heterocycles. The minimum absolute atomic E-state index is 0.00270. The monoisotopic (exact) mass is 622 g/mol. The Bertz CT molecular complexity index is 1870. The first-order valence-electron chi connectivity index (χ1n) is 13.7. The van der Waals surface area contributed by atoms with Gasteiger partial charge in [-0.3, -0.25) is 0 Å². The molecule has 3 aromatic rings. The van der Waals surface area contributed by atoms with Gasteiger partial charge in [0.2, 0.25) is 0 Å². The molecule has 3 aromatic carbocycles. The van der Waals surface area contributed by atoms with Crippen molar-refractivity contribution in [2.45, 2.75) is 34.6 Å². The molecule has 0 aromatic heterocycles. The fourth-order valence-electron chi connectivity index (χ4n) is 3.66. The molecule has 3 rings (SSSR count). The van der Waals surface area contributed by atoms with Gasteiger partial charge in [-0.2, -0.15) is 0 Å². The molecule has 0 bridgehead atoms. The van der Waals surface area contributed by atoms with Gasteiger partial charge in [0.15, 0.2) is 17.3 Å². The van der Waals surface area contributed by atoms with Gasteiger partial charge in [0.1, 0.15) is 17.1 Å². The number of carbonyl (C=O) groups excluding carboxylic acids is 4. The zero-order valence-electron chi connectivity index (χ0n) is 26.1. The minimum Gasteiger partial charge on any atom is -0.423 e. The Kier molecular flexibility index (Phi) is 11.0. The zero-order chi connectivity index (χ0) is 34.3. The van der Waals surface area contributed by atoms with Crippen molar-refractivity contribution in [3.05, 3.63) is 120 Å². The number of esters is 4. The van der Waals surface area contributed by atoms with Crippen LogP contribution in [0.25, 0.3) is 11.1 Å². The normalized spacial score (nSPS) is 10.0. The summed E-state index contributed by atoms with van der Waals surface area (Å²) in [5.41, 5.74) is 1.10. The highest BCUT2D eigenvalue weighted by Gasteiger charge is 2.28. The highest BCUT2D eigenvalue weighted by atomic mass is 19.1. The lowest BCUT2D eigenvalue weighted by atomic mass is 9.94. The maximum atomic E-state index is 16.5. The number of hydrogen-bond acceptors (Lipinski definition) is 8. The quantitative estimate of drug-likeness (QED) is 0.107. The van der Waals surface area contributed by atoms with Gasteiger partial charge in [-0.15, -0.1) is 0 Å². The number of hydrogen-bond donors (Lipinski definition) is 0. The third kappa shape index (κ3) is 8.33. The molecule has 0 N–H and O–H groups in total. The summed E-state index contributed by atoms with van der Waals surface area (Å²) in [5, 5.41) is 0. The van der Waals surface area contributed by atoms with Crippen molar-refractivity contribution < 1.29 is 42.5 Å². The molecule has 8 nitrogen and oxygen atoms in total. The van der Waals surface area contributed by atoms with Crippen molar-refractivity contribution in [2.75, 3.05) is 0 Å². The molecular weight excluding hydrogens is 591 g/mol. The average Bonchev–Trinajstić information content (AvgIpc) is 3.00. The maximum absolute atomic E-state index is 16.5. The van der Waals surface area contributed by atoms with E-state index in [9.17, 15) is 19.2 Å². The van der Waals surface area contributed by atoms with Crippen LogP contribution < -0.4 is 18.9 Å². The van der Waals surface area contributed by atoms with Crippen molar-refractivity contribution in [2.24, 2.45) is 0 Å². The Morgan fingerprint density at radius 1 is 0.587 bits per heavy atom. The van der Waals surface area contributed by atoms with E-state index in [-0.39, 0.29) is 56.2 Å². The maximum Gasteiger partial charge on any atom is 0.338 e. The molecule has 0 aliphatic rings. The van der Waals surface area contributed by atoms with E-state index in [1.165, 1.54) is 76.2 Å². The van der Waals surface area contributed by atoms with Gasteiger partial charge in [-0.25, -0.2) is 23.6 Å². The Labute approximate surface area is 266 Å². The third-order valence-corrected chi connectivity index (χ3v) is 6.12. The molecule has 0 radical (unpaired) electrons. The molecule has 0 saturated carbocycles. The molecule has 0 amide bonds. The first kappa shape index (κ1) is 34.5. The van der Waals surface area contributed by atoms with Crippen LogP contribution in [0.15, 0.2) is 97.1 Å². The molecule has 234 valence electrons. The van der Waals surface area contributed by atoms with Gasteiger partial charge in [-0.1, -0.05) is 50.3 Å². The molecule has 0 fully saturated rings. The molecule has 0 aliphatic heterocycles. The largest absolute Gasteiger partial charge is 0.423 e. The molecule has 9 heteroatoms. The summed E-state index contributed by atoms with van der Waals surface area (Å²) in [6, 6.07) is 12.0. The summed E-state index contributed by atoms with van der Waals surface area (Å²) < 4.78 is 38.0. The van der Waals surface area contributed by atoms with Crippen LogP contribution in [0.3, 0.4) is 0 Å². The topological polar surface area (TPSA) is 105 Å². The smallest absolute Gasteiger partial charge is 0.338 e. The van der Waals surface area contributed by atoms with Crippen LogP contribution in [-0.4, -0.2) is 23.9 Å². The third-order valence-electron chi connectivity index (χ3n) is 6.12. The lowest BCUT2D eigenvalue weighted by Gasteiger charge is -2.19. The van der Waals surface area contributed by atoms with E-state index in [0.29, 0.717) is 11.1 Å². The number of halogens is 1. The fraction of sp³-hybridized carbons (Fsp3) is 0.135. The van der Waals surface area contributed by atoms with Crippen molar-refractivity contribution in [1.82, 2.24) is 0 Å². The van der Waals surface area contributed by atoms with E-state index in [0.717, 1.165) is 0 Å². The highest BCUT2D eigenvalue weighted by molar-refractivity contribution is 5.93. The van der Waals surface area contributed by atoms with Gasteiger partial charge in [0, 0.05) is 39.0 Å².